The Morgan fingerprint density at radius 1 is 1.24 bits per heavy atom. The number of hydrogen-bond acceptors (Lipinski definition) is 5. The van der Waals surface area contributed by atoms with Crippen LogP contribution in [0.25, 0.3) is 11.0 Å². The molecule has 3 N–H and O–H groups in total. The van der Waals surface area contributed by atoms with Crippen LogP contribution in [-0.4, -0.2) is 14.5 Å². The topological polar surface area (TPSA) is 85.8 Å². The molecule has 0 saturated heterocycles. The summed E-state index contributed by atoms with van der Waals surface area (Å²) in [6.45, 7) is 2.10. The van der Waals surface area contributed by atoms with Crippen LogP contribution in [0.3, 0.4) is 0 Å². The summed E-state index contributed by atoms with van der Waals surface area (Å²) in [7, 11) is 0. The molecule has 0 aliphatic heterocycles. The number of rotatable bonds is 3. The molecule has 0 spiro atoms. The number of nitrogen functional groups attached to an aromatic ring is 1. The average Bonchev–Trinajstić information content (AvgIpc) is 2.52. The van der Waals surface area contributed by atoms with E-state index in [4.69, 9.17) is 5.84 Å². The van der Waals surface area contributed by atoms with Gasteiger partial charge in [0, 0.05) is 11.8 Å². The van der Waals surface area contributed by atoms with E-state index in [0.29, 0.717) is 18.1 Å². The van der Waals surface area contributed by atoms with E-state index in [1.165, 1.54) is 0 Å². The number of nitrogens with one attached hydrogen (secondary N) is 1. The van der Waals surface area contributed by atoms with Gasteiger partial charge in [0.05, 0.1) is 17.6 Å². The van der Waals surface area contributed by atoms with Crippen LogP contribution < -0.4 is 16.8 Å². The van der Waals surface area contributed by atoms with E-state index in [9.17, 15) is 4.79 Å². The number of aryl methyl sites for hydroxylation is 1. The first-order chi connectivity index (χ1) is 10.2. The number of pyridine rings is 1. The van der Waals surface area contributed by atoms with Gasteiger partial charge in [-0.05, 0) is 25.1 Å². The molecule has 0 unspecified atom stereocenters. The molecule has 0 saturated carbocycles. The molecule has 0 amide bonds. The van der Waals surface area contributed by atoms with Crippen LogP contribution in [0.1, 0.15) is 11.3 Å². The van der Waals surface area contributed by atoms with Crippen LogP contribution >= 0.6 is 0 Å². The number of hydrazine groups is 1. The summed E-state index contributed by atoms with van der Waals surface area (Å²) in [5.74, 6) is 6.03. The Bertz CT molecular complexity index is 856. The second kappa shape index (κ2) is 5.34. The predicted octanol–water partition coefficient (Wildman–Crippen LogP) is 1.43. The molecule has 0 atom stereocenters. The van der Waals surface area contributed by atoms with Gasteiger partial charge in [0.15, 0.2) is 0 Å². The largest absolute Gasteiger partial charge is 0.308 e. The maximum atomic E-state index is 12.4. The molecular formula is C15H15N5O. The van der Waals surface area contributed by atoms with E-state index >= 15 is 0 Å². The second-order valence-corrected chi connectivity index (χ2v) is 4.73. The number of nitrogens with two attached hydrogens (primary N) is 1. The monoisotopic (exact) mass is 281 g/mol. The summed E-state index contributed by atoms with van der Waals surface area (Å²) >= 11 is 0. The van der Waals surface area contributed by atoms with Gasteiger partial charge < -0.3 is 9.99 Å². The van der Waals surface area contributed by atoms with Gasteiger partial charge in [0.2, 0.25) is 0 Å². The number of para-hydroxylation sites is 2. The van der Waals surface area contributed by atoms with Crippen molar-refractivity contribution in [2.24, 2.45) is 5.84 Å². The Kier molecular flexibility index (Phi) is 3.37. The highest BCUT2D eigenvalue weighted by molar-refractivity contribution is 5.74. The van der Waals surface area contributed by atoms with Gasteiger partial charge in [0.1, 0.15) is 11.5 Å². The molecule has 1 aromatic carbocycles. The molecule has 2 heterocycles. The van der Waals surface area contributed by atoms with Crippen molar-refractivity contribution < 1.29 is 0 Å². The minimum Gasteiger partial charge on any atom is -0.308 e. The van der Waals surface area contributed by atoms with E-state index in [0.717, 1.165) is 16.6 Å². The molecule has 106 valence electrons. The zero-order chi connectivity index (χ0) is 14.8. The van der Waals surface area contributed by atoms with Gasteiger partial charge in [-0.15, -0.1) is 0 Å². The first-order valence-corrected chi connectivity index (χ1v) is 6.57. The van der Waals surface area contributed by atoms with Crippen LogP contribution in [0.15, 0.2) is 47.4 Å². The number of nitrogens with zero attached hydrogens (tertiary/aromatic N) is 3. The standard InChI is InChI=1S/C15H15N5O/c1-10-15(21)20(13-7-3-2-6-12(13)18-10)9-11-5-4-8-17-14(11)19-16/h2-8H,9,16H2,1H3,(H,17,19). The van der Waals surface area contributed by atoms with Crippen molar-refractivity contribution in [3.05, 3.63) is 64.2 Å². The summed E-state index contributed by atoms with van der Waals surface area (Å²) in [6, 6.07) is 11.3. The molecular weight excluding hydrogens is 266 g/mol. The van der Waals surface area contributed by atoms with Gasteiger partial charge in [0.25, 0.3) is 5.56 Å². The van der Waals surface area contributed by atoms with E-state index in [-0.39, 0.29) is 5.56 Å². The third-order valence-electron chi connectivity index (χ3n) is 3.37. The molecule has 2 aromatic heterocycles. The molecule has 0 aliphatic rings. The van der Waals surface area contributed by atoms with Crippen molar-refractivity contribution in [1.82, 2.24) is 14.5 Å². The zero-order valence-electron chi connectivity index (χ0n) is 11.6. The molecule has 6 nitrogen and oxygen atoms in total. The van der Waals surface area contributed by atoms with Crippen molar-refractivity contribution in [3.8, 4) is 0 Å². The normalized spacial score (nSPS) is 10.8. The Balaban J connectivity index is 2.20. The van der Waals surface area contributed by atoms with E-state index in [1.54, 1.807) is 17.7 Å². The van der Waals surface area contributed by atoms with Crippen molar-refractivity contribution >= 4 is 16.9 Å². The summed E-state index contributed by atoms with van der Waals surface area (Å²) in [6.07, 6.45) is 1.65. The Morgan fingerprint density at radius 2 is 2.05 bits per heavy atom. The smallest absolute Gasteiger partial charge is 0.272 e. The molecule has 3 aromatic rings. The second-order valence-electron chi connectivity index (χ2n) is 4.73. The van der Waals surface area contributed by atoms with E-state index in [1.807, 2.05) is 36.4 Å². The lowest BCUT2D eigenvalue weighted by Gasteiger charge is -2.13. The number of hydrogen-bond donors (Lipinski definition) is 2. The van der Waals surface area contributed by atoms with Crippen molar-refractivity contribution in [2.75, 3.05) is 5.43 Å². The molecule has 0 radical (unpaired) electrons. The Labute approximate surface area is 121 Å². The van der Waals surface area contributed by atoms with Gasteiger partial charge in [-0.1, -0.05) is 18.2 Å². The summed E-state index contributed by atoms with van der Waals surface area (Å²) < 4.78 is 1.69. The Hall–Kier alpha value is -2.73. The van der Waals surface area contributed by atoms with Crippen molar-refractivity contribution in [3.63, 3.8) is 0 Å². The quantitative estimate of drug-likeness (QED) is 0.560. The zero-order valence-corrected chi connectivity index (χ0v) is 11.6. The Morgan fingerprint density at radius 3 is 2.86 bits per heavy atom. The van der Waals surface area contributed by atoms with Crippen molar-refractivity contribution in [2.45, 2.75) is 13.5 Å². The molecule has 0 aliphatic carbocycles. The molecule has 21 heavy (non-hydrogen) atoms. The lowest BCUT2D eigenvalue weighted by atomic mass is 10.2. The number of fused-ring (bicyclic) bond motifs is 1. The highest BCUT2D eigenvalue weighted by Gasteiger charge is 2.10. The fourth-order valence-corrected chi connectivity index (χ4v) is 2.34. The summed E-state index contributed by atoms with van der Waals surface area (Å²) in [4.78, 5) is 20.9. The fraction of sp³-hybridized carbons (Fsp3) is 0.133. The number of anilines is 1. The first kappa shape index (κ1) is 13.3. The third kappa shape index (κ3) is 2.36. The highest BCUT2D eigenvalue weighted by Crippen LogP contribution is 2.15. The third-order valence-corrected chi connectivity index (χ3v) is 3.37. The highest BCUT2D eigenvalue weighted by atomic mass is 16.1. The van der Waals surface area contributed by atoms with Crippen LogP contribution in [0.5, 0.6) is 0 Å². The molecule has 3 rings (SSSR count). The molecule has 0 fully saturated rings. The molecule has 0 bridgehead atoms. The van der Waals surface area contributed by atoms with Crippen molar-refractivity contribution in [1.29, 1.82) is 0 Å². The minimum absolute atomic E-state index is 0.111. The summed E-state index contributed by atoms with van der Waals surface area (Å²) in [5, 5.41) is 0. The van der Waals surface area contributed by atoms with Gasteiger partial charge >= 0.3 is 0 Å². The van der Waals surface area contributed by atoms with Crippen LogP contribution in [0, 0.1) is 6.92 Å². The maximum absolute atomic E-state index is 12.4. The van der Waals surface area contributed by atoms with E-state index < -0.39 is 0 Å². The SMILES string of the molecule is Cc1nc2ccccc2n(Cc2cccnc2NN)c1=O. The number of aromatic nitrogens is 3. The van der Waals surface area contributed by atoms with E-state index in [2.05, 4.69) is 15.4 Å². The van der Waals surface area contributed by atoms with Gasteiger partial charge in [-0.3, -0.25) is 4.79 Å². The van der Waals surface area contributed by atoms with Crippen LogP contribution in [0.2, 0.25) is 0 Å². The molecule has 6 heteroatoms. The first-order valence-electron chi connectivity index (χ1n) is 6.57. The number of benzene rings is 1. The lowest BCUT2D eigenvalue weighted by Crippen LogP contribution is -2.25. The van der Waals surface area contributed by atoms with Crippen LogP contribution in [0.4, 0.5) is 5.82 Å². The maximum Gasteiger partial charge on any atom is 0.272 e. The lowest BCUT2D eigenvalue weighted by molar-refractivity contribution is 0.774. The van der Waals surface area contributed by atoms with Gasteiger partial charge in [-0.25, -0.2) is 15.8 Å². The van der Waals surface area contributed by atoms with Crippen LogP contribution in [-0.2, 0) is 6.54 Å². The predicted molar refractivity (Wildman–Crippen MR) is 81.9 cm³/mol. The minimum atomic E-state index is -0.111. The average molecular weight is 281 g/mol. The fourth-order valence-electron chi connectivity index (χ4n) is 2.34. The summed E-state index contributed by atoms with van der Waals surface area (Å²) in [5.41, 5.74) is 5.35. The van der Waals surface area contributed by atoms with Gasteiger partial charge in [-0.2, -0.15) is 0 Å².